The molecule has 12 heteroatoms. The molecule has 1 fully saturated rings. The van der Waals surface area contributed by atoms with Gasteiger partial charge < -0.3 is 11.1 Å². The Kier molecular flexibility index (Phi) is 3.89. The van der Waals surface area contributed by atoms with Crippen LogP contribution < -0.4 is 11.1 Å². The number of nitrogens with two attached hydrogens (primary N) is 1. The summed E-state index contributed by atoms with van der Waals surface area (Å²) in [4.78, 5) is 7.63. The number of anilines is 3. The van der Waals surface area contributed by atoms with Gasteiger partial charge in [-0.05, 0) is 19.8 Å². The van der Waals surface area contributed by atoms with Gasteiger partial charge in [-0.2, -0.15) is 27.3 Å². The third-order valence-corrected chi connectivity index (χ3v) is 4.54. The Labute approximate surface area is 141 Å². The van der Waals surface area contributed by atoms with Crippen LogP contribution in [0.15, 0.2) is 6.20 Å². The van der Waals surface area contributed by atoms with Crippen LogP contribution in [0, 0.1) is 6.92 Å². The predicted molar refractivity (Wildman–Crippen MR) is 83.9 cm³/mol. The zero-order valence-electron chi connectivity index (χ0n) is 13.3. The van der Waals surface area contributed by atoms with Crippen molar-refractivity contribution >= 4 is 27.5 Å². The van der Waals surface area contributed by atoms with E-state index in [1.54, 1.807) is 6.92 Å². The van der Waals surface area contributed by atoms with Gasteiger partial charge in [0.15, 0.2) is 0 Å². The van der Waals surface area contributed by atoms with Gasteiger partial charge in [0.1, 0.15) is 11.4 Å². The minimum absolute atomic E-state index is 0.136. The van der Waals surface area contributed by atoms with Crippen molar-refractivity contribution in [1.29, 1.82) is 0 Å². The number of alkyl halides is 3. The summed E-state index contributed by atoms with van der Waals surface area (Å²) in [6.45, 7) is 1.54. The minimum atomic E-state index is -4.64. The van der Waals surface area contributed by atoms with Gasteiger partial charge in [0, 0.05) is 5.92 Å². The molecule has 8 nitrogen and oxygen atoms in total. The lowest BCUT2D eigenvalue weighted by atomic mass is 10.1. The quantitative estimate of drug-likeness (QED) is 0.838. The van der Waals surface area contributed by atoms with Crippen LogP contribution in [-0.2, 0) is 16.2 Å². The molecule has 2 aromatic heterocycles. The van der Waals surface area contributed by atoms with Crippen molar-refractivity contribution in [2.24, 2.45) is 0 Å². The first kappa shape index (κ1) is 17.5. The van der Waals surface area contributed by atoms with Crippen molar-refractivity contribution in [2.75, 3.05) is 17.3 Å². The van der Waals surface area contributed by atoms with Crippen molar-refractivity contribution in [3.63, 3.8) is 0 Å². The molecule has 3 N–H and O–H groups in total. The summed E-state index contributed by atoms with van der Waals surface area (Å²) in [7, 11) is -3.59. The molecule has 136 valence electrons. The first-order valence-corrected chi connectivity index (χ1v) is 9.10. The van der Waals surface area contributed by atoms with Gasteiger partial charge in [0.25, 0.3) is 10.0 Å². The Morgan fingerprint density at radius 1 is 1.32 bits per heavy atom. The van der Waals surface area contributed by atoms with Crippen LogP contribution in [0.5, 0.6) is 0 Å². The number of aryl methyl sites for hydroxylation is 1. The van der Waals surface area contributed by atoms with E-state index in [1.165, 1.54) is 6.20 Å². The molecule has 2 heterocycles. The molecule has 0 spiro atoms. The monoisotopic (exact) mass is 376 g/mol. The molecule has 0 saturated heterocycles. The zero-order chi connectivity index (χ0) is 18.6. The van der Waals surface area contributed by atoms with Gasteiger partial charge >= 0.3 is 6.18 Å². The number of aromatic nitrogens is 4. The molecule has 0 unspecified atom stereocenters. The summed E-state index contributed by atoms with van der Waals surface area (Å²) in [6, 6.07) is 0. The van der Waals surface area contributed by atoms with E-state index in [4.69, 9.17) is 5.73 Å². The van der Waals surface area contributed by atoms with Gasteiger partial charge in [0.2, 0.25) is 5.95 Å². The molecule has 1 saturated carbocycles. The molecule has 0 amide bonds. The van der Waals surface area contributed by atoms with Crippen molar-refractivity contribution in [1.82, 2.24) is 19.2 Å². The normalized spacial score (nSPS) is 15.4. The minimum Gasteiger partial charge on any atom is -0.383 e. The Bertz CT molecular complexity index is 934. The van der Waals surface area contributed by atoms with Gasteiger partial charge in [-0.25, -0.2) is 13.4 Å². The van der Waals surface area contributed by atoms with Crippen LogP contribution in [0.25, 0.3) is 0 Å². The second-order valence-corrected chi connectivity index (χ2v) is 7.69. The lowest BCUT2D eigenvalue weighted by Gasteiger charge is -2.15. The number of nitrogens with one attached hydrogen (secondary N) is 1. The Balaban J connectivity index is 2.01. The SMILES string of the molecule is Cc1nn(S(C)(=O)=O)cc1Nc1nc(N)c(C(F)(F)F)c(C2CC2)n1. The highest BCUT2D eigenvalue weighted by atomic mass is 32.2. The predicted octanol–water partition coefficient (Wildman–Crippen LogP) is 2.01. The highest BCUT2D eigenvalue weighted by Crippen LogP contribution is 2.46. The molecule has 0 aliphatic heterocycles. The van der Waals surface area contributed by atoms with E-state index in [0.29, 0.717) is 18.5 Å². The lowest BCUT2D eigenvalue weighted by Crippen LogP contribution is -2.17. The molecule has 0 radical (unpaired) electrons. The number of hydrogen-bond acceptors (Lipinski definition) is 7. The Morgan fingerprint density at radius 2 is 1.96 bits per heavy atom. The van der Waals surface area contributed by atoms with Gasteiger partial charge in [0.05, 0.1) is 29.5 Å². The van der Waals surface area contributed by atoms with E-state index in [2.05, 4.69) is 20.4 Å². The third-order valence-electron chi connectivity index (χ3n) is 3.68. The van der Waals surface area contributed by atoms with Gasteiger partial charge in [-0.1, -0.05) is 0 Å². The number of halogens is 3. The molecular weight excluding hydrogens is 361 g/mol. The highest BCUT2D eigenvalue weighted by molar-refractivity contribution is 7.89. The lowest BCUT2D eigenvalue weighted by molar-refractivity contribution is -0.138. The summed E-state index contributed by atoms with van der Waals surface area (Å²) in [5, 5.41) is 6.52. The van der Waals surface area contributed by atoms with E-state index in [1.807, 2.05) is 0 Å². The molecule has 0 aromatic carbocycles. The average molecular weight is 376 g/mol. The second kappa shape index (κ2) is 5.58. The van der Waals surface area contributed by atoms with Crippen LogP contribution in [0.4, 0.5) is 30.6 Å². The standard InChI is InChI=1S/C13H15F3N6O2S/c1-6-8(5-22(21-6)25(2,23)24)18-12-19-10(7-3-4-7)9(11(17)20-12)13(14,15)16/h5,7H,3-4H2,1-2H3,(H3,17,18,19,20). The molecule has 0 atom stereocenters. The van der Waals surface area contributed by atoms with Crippen LogP contribution in [0.1, 0.15) is 35.7 Å². The van der Waals surface area contributed by atoms with E-state index in [0.717, 1.165) is 10.3 Å². The topological polar surface area (TPSA) is 116 Å². The fourth-order valence-electron chi connectivity index (χ4n) is 2.34. The van der Waals surface area contributed by atoms with Crippen LogP contribution in [0.3, 0.4) is 0 Å². The molecular formula is C13H15F3N6O2S. The number of hydrogen-bond donors (Lipinski definition) is 2. The second-order valence-electron chi connectivity index (χ2n) is 5.85. The van der Waals surface area contributed by atoms with Crippen molar-refractivity contribution < 1.29 is 21.6 Å². The highest BCUT2D eigenvalue weighted by Gasteiger charge is 2.42. The zero-order valence-corrected chi connectivity index (χ0v) is 14.1. The summed E-state index contributed by atoms with van der Waals surface area (Å²) in [5.41, 5.74) is 4.93. The summed E-state index contributed by atoms with van der Waals surface area (Å²) >= 11 is 0. The van der Waals surface area contributed by atoms with E-state index in [9.17, 15) is 21.6 Å². The number of nitrogen functional groups attached to an aromatic ring is 1. The molecule has 3 rings (SSSR count). The summed E-state index contributed by atoms with van der Waals surface area (Å²) in [5.74, 6) is -1.11. The smallest absolute Gasteiger partial charge is 0.383 e. The molecule has 1 aliphatic rings. The van der Waals surface area contributed by atoms with E-state index >= 15 is 0 Å². The van der Waals surface area contributed by atoms with Gasteiger partial charge in [-0.3, -0.25) is 0 Å². The Morgan fingerprint density at radius 3 is 2.44 bits per heavy atom. The van der Waals surface area contributed by atoms with E-state index < -0.39 is 27.6 Å². The molecule has 1 aliphatic carbocycles. The number of rotatable bonds is 4. The summed E-state index contributed by atoms with van der Waals surface area (Å²) in [6.07, 6.45) is -1.27. The molecule has 0 bridgehead atoms. The average Bonchev–Trinajstić information content (AvgIpc) is 3.21. The van der Waals surface area contributed by atoms with Crippen molar-refractivity contribution in [3.8, 4) is 0 Å². The van der Waals surface area contributed by atoms with E-state index in [-0.39, 0.29) is 23.2 Å². The molecule has 2 aromatic rings. The first-order chi connectivity index (χ1) is 11.5. The largest absolute Gasteiger partial charge is 0.421 e. The van der Waals surface area contributed by atoms with Crippen LogP contribution in [-0.4, -0.2) is 33.8 Å². The summed E-state index contributed by atoms with van der Waals surface area (Å²) < 4.78 is 63.3. The van der Waals surface area contributed by atoms with Crippen molar-refractivity contribution in [3.05, 3.63) is 23.1 Å². The fourth-order valence-corrected chi connectivity index (χ4v) is 2.91. The van der Waals surface area contributed by atoms with Crippen molar-refractivity contribution in [2.45, 2.75) is 31.9 Å². The Hall–Kier alpha value is -2.37. The number of nitrogens with zero attached hydrogens (tertiary/aromatic N) is 4. The first-order valence-electron chi connectivity index (χ1n) is 7.25. The maximum atomic E-state index is 13.2. The molecule has 25 heavy (non-hydrogen) atoms. The third kappa shape index (κ3) is 3.52. The maximum Gasteiger partial charge on any atom is 0.421 e. The van der Waals surface area contributed by atoms with Gasteiger partial charge in [-0.15, -0.1) is 0 Å². The fraction of sp³-hybridized carbons (Fsp3) is 0.462. The maximum absolute atomic E-state index is 13.2. The van der Waals surface area contributed by atoms with Crippen LogP contribution >= 0.6 is 0 Å². The van der Waals surface area contributed by atoms with Crippen LogP contribution in [0.2, 0.25) is 0 Å².